The first kappa shape index (κ1) is 30.4. The van der Waals surface area contributed by atoms with Gasteiger partial charge >= 0.3 is 0 Å². The molecule has 1 fully saturated rings. The van der Waals surface area contributed by atoms with Crippen molar-refractivity contribution < 1.29 is 27.1 Å². The molecule has 2 heterocycles. The molecular weight excluding hydrogens is 591 g/mol. The van der Waals surface area contributed by atoms with Gasteiger partial charge in [0, 0.05) is 42.1 Å². The number of halogens is 2. The molecule has 2 aromatic rings. The van der Waals surface area contributed by atoms with Crippen LogP contribution in [0, 0.1) is 17.8 Å². The van der Waals surface area contributed by atoms with Crippen molar-refractivity contribution >= 4 is 33.2 Å². The van der Waals surface area contributed by atoms with E-state index in [9.17, 15) is 17.6 Å². The number of sulfonamides is 1. The maximum absolute atomic E-state index is 14.0. The van der Waals surface area contributed by atoms with Crippen LogP contribution < -0.4 is 14.4 Å². The number of anilines is 1. The van der Waals surface area contributed by atoms with Crippen molar-refractivity contribution in [2.75, 3.05) is 38.4 Å². The molecule has 1 amide bonds. The Hall–Kier alpha value is -2.62. The summed E-state index contributed by atoms with van der Waals surface area (Å²) in [5, 5.41) is -0.371. The molecule has 0 saturated heterocycles. The fourth-order valence-corrected chi connectivity index (χ4v) is 8.94. The molecule has 1 saturated carbocycles. The quantitative estimate of drug-likeness (QED) is 0.419. The minimum Gasteiger partial charge on any atom is -0.490 e. The fraction of sp³-hybridized carbons (Fsp3) is 0.545. The molecular formula is C33H40ClFN2O5S. The Bertz CT molecular complexity index is 1520. The molecule has 2 aliphatic heterocycles. The van der Waals surface area contributed by atoms with Gasteiger partial charge in [-0.2, -0.15) is 0 Å². The normalized spacial score (nSPS) is 32.8. The van der Waals surface area contributed by atoms with Crippen molar-refractivity contribution in [1.29, 1.82) is 0 Å². The third-order valence-corrected chi connectivity index (χ3v) is 12.3. The number of carbonyl (C=O) groups excluding carboxylic acids is 1. The van der Waals surface area contributed by atoms with Crippen molar-refractivity contribution in [3.8, 4) is 5.75 Å². The third kappa shape index (κ3) is 5.80. The maximum Gasteiger partial charge on any atom is 0.264 e. The van der Waals surface area contributed by atoms with E-state index in [1.54, 1.807) is 25.3 Å². The van der Waals surface area contributed by atoms with Gasteiger partial charge in [-0.15, -0.1) is 0 Å². The van der Waals surface area contributed by atoms with Crippen LogP contribution in [0.4, 0.5) is 10.1 Å². The third-order valence-electron chi connectivity index (χ3n) is 10.3. The first-order chi connectivity index (χ1) is 20.6. The zero-order valence-corrected chi connectivity index (χ0v) is 26.3. The van der Waals surface area contributed by atoms with Crippen molar-refractivity contribution in [2.45, 2.75) is 62.2 Å². The first-order valence-corrected chi connectivity index (χ1v) is 17.2. The summed E-state index contributed by atoms with van der Waals surface area (Å²) in [4.78, 5) is 15.7. The molecule has 6 atom stereocenters. The van der Waals surface area contributed by atoms with Gasteiger partial charge in [0.05, 0.1) is 30.3 Å². The Kier molecular flexibility index (Phi) is 8.52. The standard InChI is InChI=1S/C33H40ClFN2O5S/c1-21-24(17-35)5-3-7-30(41-2)27-11-8-25(27)18-37-19-33(14-4-6-22-15-26(34)10-12-28(22)33)20-42-31-13-9-23(16-29(31)37)32(38)36-43(21,39)40/h3,7,9-10,12-13,15-16,21,24-25,27,30H,4-6,8,11,14,17-20H2,1-2H3,(H,36,38)/b7-3+/t21-,24-,25+,27-,30+,33+/m1/s1. The van der Waals surface area contributed by atoms with Crippen LogP contribution in [0.5, 0.6) is 5.75 Å². The summed E-state index contributed by atoms with van der Waals surface area (Å²) in [5.74, 6) is -0.237. The van der Waals surface area contributed by atoms with Gasteiger partial charge in [0.2, 0.25) is 10.0 Å². The van der Waals surface area contributed by atoms with Gasteiger partial charge in [-0.25, -0.2) is 13.1 Å². The molecule has 6 rings (SSSR count). The molecule has 43 heavy (non-hydrogen) atoms. The minimum atomic E-state index is -4.14. The Morgan fingerprint density at radius 3 is 2.79 bits per heavy atom. The van der Waals surface area contributed by atoms with E-state index in [-0.39, 0.29) is 29.4 Å². The van der Waals surface area contributed by atoms with Crippen LogP contribution in [-0.2, 0) is 26.6 Å². The van der Waals surface area contributed by atoms with Crippen molar-refractivity contribution in [1.82, 2.24) is 4.72 Å². The number of carbonyl (C=O) groups is 1. The number of rotatable bonds is 2. The second-order valence-corrected chi connectivity index (χ2v) is 15.2. The molecule has 0 radical (unpaired) electrons. The number of alkyl halides is 1. The van der Waals surface area contributed by atoms with Gasteiger partial charge in [-0.1, -0.05) is 29.8 Å². The summed E-state index contributed by atoms with van der Waals surface area (Å²) in [6, 6.07) is 11.3. The molecule has 2 bridgehead atoms. The molecule has 7 nitrogen and oxygen atoms in total. The Balaban J connectivity index is 1.43. The van der Waals surface area contributed by atoms with Gasteiger partial charge in [0.15, 0.2) is 0 Å². The summed E-state index contributed by atoms with van der Waals surface area (Å²) in [6.07, 6.45) is 8.89. The van der Waals surface area contributed by atoms with E-state index in [1.165, 1.54) is 18.1 Å². The second-order valence-electron chi connectivity index (χ2n) is 12.7. The molecule has 2 aliphatic carbocycles. The average Bonchev–Trinajstić information content (AvgIpc) is 3.12. The smallest absolute Gasteiger partial charge is 0.264 e. The lowest BCUT2D eigenvalue weighted by atomic mass is 9.68. The number of allylic oxidation sites excluding steroid dienone is 1. The summed E-state index contributed by atoms with van der Waals surface area (Å²) in [5.41, 5.74) is 3.24. The number of amides is 1. The highest BCUT2D eigenvalue weighted by molar-refractivity contribution is 7.90. The van der Waals surface area contributed by atoms with E-state index in [0.717, 1.165) is 49.4 Å². The van der Waals surface area contributed by atoms with Crippen LogP contribution in [0.15, 0.2) is 48.6 Å². The summed E-state index contributed by atoms with van der Waals surface area (Å²) in [7, 11) is -2.44. The zero-order valence-electron chi connectivity index (χ0n) is 24.7. The maximum atomic E-state index is 14.0. The van der Waals surface area contributed by atoms with Crippen molar-refractivity contribution in [3.63, 3.8) is 0 Å². The van der Waals surface area contributed by atoms with Crippen LogP contribution in [0.1, 0.15) is 60.5 Å². The lowest BCUT2D eigenvalue weighted by Crippen LogP contribution is -2.49. The summed E-state index contributed by atoms with van der Waals surface area (Å²) in [6.45, 7) is 2.57. The second kappa shape index (κ2) is 12.1. The Morgan fingerprint density at radius 2 is 2.05 bits per heavy atom. The average molecular weight is 631 g/mol. The number of fused-ring (bicyclic) bond motifs is 4. The van der Waals surface area contributed by atoms with Crippen LogP contribution in [0.3, 0.4) is 0 Å². The topological polar surface area (TPSA) is 84.9 Å². The SMILES string of the molecule is CO[C@H]1/C=C/C[C@H](CF)[C@@H](C)S(=O)(=O)NC(=O)c2ccc3c(c2)N(C[C@@H]2CC[C@H]21)C[C@@]1(CCCc2cc(Cl)ccc21)CO3. The lowest BCUT2D eigenvalue weighted by molar-refractivity contribution is 0.0131. The zero-order chi connectivity index (χ0) is 30.4. The molecule has 2 aromatic carbocycles. The number of nitrogens with one attached hydrogen (secondary N) is 1. The van der Waals surface area contributed by atoms with E-state index in [1.807, 2.05) is 18.2 Å². The van der Waals surface area contributed by atoms with Gasteiger partial charge in [-0.3, -0.25) is 9.18 Å². The molecule has 1 N–H and O–H groups in total. The van der Waals surface area contributed by atoms with Crippen LogP contribution in [0.2, 0.25) is 5.02 Å². The van der Waals surface area contributed by atoms with E-state index in [0.29, 0.717) is 24.8 Å². The summed E-state index contributed by atoms with van der Waals surface area (Å²) < 4.78 is 55.1. The molecule has 232 valence electrons. The van der Waals surface area contributed by atoms with Gasteiger partial charge in [0.1, 0.15) is 5.75 Å². The van der Waals surface area contributed by atoms with Gasteiger partial charge in [-0.05, 0) is 98.7 Å². The lowest BCUT2D eigenvalue weighted by Gasteiger charge is -2.46. The van der Waals surface area contributed by atoms with Gasteiger partial charge in [0.25, 0.3) is 5.91 Å². The highest BCUT2D eigenvalue weighted by Crippen LogP contribution is 2.47. The van der Waals surface area contributed by atoms with Crippen LogP contribution in [-0.4, -0.2) is 59.2 Å². The van der Waals surface area contributed by atoms with Crippen LogP contribution in [0.25, 0.3) is 0 Å². The molecule has 0 aromatic heterocycles. The monoisotopic (exact) mass is 630 g/mol. The van der Waals surface area contributed by atoms with E-state index < -0.39 is 33.8 Å². The fourth-order valence-electron chi connectivity index (χ4n) is 7.49. The number of nitrogens with zero attached hydrogens (tertiary/aromatic N) is 1. The number of hydrogen-bond donors (Lipinski definition) is 1. The van der Waals surface area contributed by atoms with E-state index in [4.69, 9.17) is 21.1 Å². The number of benzene rings is 2. The first-order valence-electron chi connectivity index (χ1n) is 15.3. The van der Waals surface area contributed by atoms with E-state index in [2.05, 4.69) is 21.8 Å². The number of methoxy groups -OCH3 is 1. The van der Waals surface area contributed by atoms with Gasteiger partial charge < -0.3 is 14.4 Å². The molecule has 0 unspecified atom stereocenters. The highest BCUT2D eigenvalue weighted by atomic mass is 35.5. The Labute approximate surface area is 258 Å². The van der Waals surface area contributed by atoms with Crippen molar-refractivity contribution in [3.05, 3.63) is 70.3 Å². The predicted octanol–water partition coefficient (Wildman–Crippen LogP) is 5.85. The minimum absolute atomic E-state index is 0.154. The number of ether oxygens (including phenoxy) is 2. The van der Waals surface area contributed by atoms with E-state index >= 15 is 0 Å². The van der Waals surface area contributed by atoms with Crippen LogP contribution >= 0.6 is 11.6 Å². The highest BCUT2D eigenvalue weighted by Gasteiger charge is 2.44. The number of hydrogen-bond acceptors (Lipinski definition) is 6. The molecule has 1 spiro atoms. The summed E-state index contributed by atoms with van der Waals surface area (Å²) >= 11 is 6.39. The van der Waals surface area contributed by atoms with Crippen molar-refractivity contribution in [2.24, 2.45) is 17.8 Å². The molecule has 10 heteroatoms. The predicted molar refractivity (Wildman–Crippen MR) is 166 cm³/mol. The largest absolute Gasteiger partial charge is 0.490 e. The number of aryl methyl sites for hydroxylation is 1. The molecule has 4 aliphatic rings. The Morgan fingerprint density at radius 1 is 1.21 bits per heavy atom.